The topological polar surface area (TPSA) is 45.1 Å². The summed E-state index contributed by atoms with van der Waals surface area (Å²) in [6.07, 6.45) is 1.02. The summed E-state index contributed by atoms with van der Waals surface area (Å²) < 4.78 is 5.91. The van der Waals surface area contributed by atoms with Crippen LogP contribution in [0.4, 0.5) is 0 Å². The number of rotatable bonds is 6. The molecule has 0 radical (unpaired) electrons. The molecule has 0 aliphatic carbocycles. The van der Waals surface area contributed by atoms with Crippen molar-refractivity contribution in [2.75, 3.05) is 6.61 Å². The molecular formula is C17H26N2O2. The molecule has 1 heterocycles. The van der Waals surface area contributed by atoms with Gasteiger partial charge in [0.25, 0.3) is 0 Å². The Bertz CT molecular complexity index is 512. The molecule has 1 aromatic rings. The Morgan fingerprint density at radius 2 is 2.19 bits per heavy atom. The third-order valence-corrected chi connectivity index (χ3v) is 3.61. The van der Waals surface area contributed by atoms with E-state index in [4.69, 9.17) is 4.74 Å². The quantitative estimate of drug-likeness (QED) is 0.875. The molecule has 4 heteroatoms. The minimum atomic E-state index is 0.0509. The highest BCUT2D eigenvalue weighted by molar-refractivity contribution is 5.83. The molecule has 2 rings (SSSR count). The standard InChI is InChI=1S/C17H26N2O2/c1-12(2)11-21-17-6-5-15(10-20)8-16(17)9-19-14(4)7-13(3)18-19/h5-6,8,12,14,20H,7,9-11H2,1-4H3. The predicted molar refractivity (Wildman–Crippen MR) is 85.4 cm³/mol. The fraction of sp³-hybridized carbons (Fsp3) is 0.588. The molecule has 0 bridgehead atoms. The largest absolute Gasteiger partial charge is 0.493 e. The summed E-state index contributed by atoms with van der Waals surface area (Å²) >= 11 is 0. The van der Waals surface area contributed by atoms with E-state index in [2.05, 4.69) is 37.8 Å². The Morgan fingerprint density at radius 3 is 2.76 bits per heavy atom. The van der Waals surface area contributed by atoms with Crippen molar-refractivity contribution >= 4 is 5.71 Å². The first kappa shape index (κ1) is 15.8. The molecule has 0 aromatic heterocycles. The summed E-state index contributed by atoms with van der Waals surface area (Å²) in [7, 11) is 0. The highest BCUT2D eigenvalue weighted by Gasteiger charge is 2.21. The van der Waals surface area contributed by atoms with Crippen LogP contribution in [0, 0.1) is 5.92 Å². The van der Waals surface area contributed by atoms with E-state index in [0.717, 1.165) is 29.8 Å². The van der Waals surface area contributed by atoms with Gasteiger partial charge < -0.3 is 9.84 Å². The zero-order valence-electron chi connectivity index (χ0n) is 13.5. The number of hydrogen-bond donors (Lipinski definition) is 1. The summed E-state index contributed by atoms with van der Waals surface area (Å²) in [5, 5.41) is 16.0. The zero-order chi connectivity index (χ0) is 15.4. The molecule has 116 valence electrons. The predicted octanol–water partition coefficient (Wildman–Crippen LogP) is 3.18. The molecular weight excluding hydrogens is 264 g/mol. The van der Waals surface area contributed by atoms with Gasteiger partial charge in [0, 0.05) is 23.7 Å². The molecule has 1 aliphatic rings. The second-order valence-electron chi connectivity index (χ2n) is 6.29. The van der Waals surface area contributed by atoms with E-state index >= 15 is 0 Å². The lowest BCUT2D eigenvalue weighted by Crippen LogP contribution is -2.23. The number of nitrogens with zero attached hydrogens (tertiary/aromatic N) is 2. The van der Waals surface area contributed by atoms with E-state index in [1.54, 1.807) is 0 Å². The van der Waals surface area contributed by atoms with Crippen molar-refractivity contribution in [2.24, 2.45) is 11.0 Å². The molecule has 1 atom stereocenters. The highest BCUT2D eigenvalue weighted by atomic mass is 16.5. The lowest BCUT2D eigenvalue weighted by Gasteiger charge is -2.22. The Hall–Kier alpha value is -1.55. The first-order chi connectivity index (χ1) is 9.99. The molecule has 1 unspecified atom stereocenters. The summed E-state index contributed by atoms with van der Waals surface area (Å²) in [6, 6.07) is 6.31. The van der Waals surface area contributed by atoms with Crippen molar-refractivity contribution in [2.45, 2.75) is 53.3 Å². The van der Waals surface area contributed by atoms with Crippen LogP contribution < -0.4 is 4.74 Å². The summed E-state index contributed by atoms with van der Waals surface area (Å²) in [6.45, 7) is 10.00. The molecule has 1 aliphatic heterocycles. The number of aliphatic hydroxyl groups is 1. The Balaban J connectivity index is 2.18. The highest BCUT2D eigenvalue weighted by Crippen LogP contribution is 2.26. The van der Waals surface area contributed by atoms with Crippen LogP contribution in [0.25, 0.3) is 0 Å². The molecule has 1 aromatic carbocycles. The third-order valence-electron chi connectivity index (χ3n) is 3.61. The average molecular weight is 290 g/mol. The van der Waals surface area contributed by atoms with Gasteiger partial charge in [-0.15, -0.1) is 0 Å². The van der Waals surface area contributed by atoms with Crippen molar-refractivity contribution < 1.29 is 9.84 Å². The van der Waals surface area contributed by atoms with Gasteiger partial charge in [-0.2, -0.15) is 5.10 Å². The van der Waals surface area contributed by atoms with Gasteiger partial charge in [0.2, 0.25) is 0 Å². The van der Waals surface area contributed by atoms with Crippen molar-refractivity contribution in [1.82, 2.24) is 5.01 Å². The smallest absolute Gasteiger partial charge is 0.124 e. The van der Waals surface area contributed by atoms with Crippen molar-refractivity contribution in [1.29, 1.82) is 0 Å². The molecule has 0 saturated carbocycles. The molecule has 0 fully saturated rings. The van der Waals surface area contributed by atoms with E-state index in [1.807, 2.05) is 18.2 Å². The maximum atomic E-state index is 9.34. The van der Waals surface area contributed by atoms with E-state index in [-0.39, 0.29) is 6.61 Å². The number of ether oxygens (including phenoxy) is 1. The fourth-order valence-corrected chi connectivity index (χ4v) is 2.51. The minimum absolute atomic E-state index is 0.0509. The van der Waals surface area contributed by atoms with Gasteiger partial charge in [0.05, 0.1) is 19.8 Å². The lowest BCUT2D eigenvalue weighted by molar-refractivity contribution is 0.224. The lowest BCUT2D eigenvalue weighted by atomic mass is 10.1. The maximum Gasteiger partial charge on any atom is 0.124 e. The van der Waals surface area contributed by atoms with Crippen LogP contribution in [0.5, 0.6) is 5.75 Å². The fourth-order valence-electron chi connectivity index (χ4n) is 2.51. The molecule has 1 N–H and O–H groups in total. The van der Waals surface area contributed by atoms with E-state index in [0.29, 0.717) is 18.6 Å². The van der Waals surface area contributed by atoms with Gasteiger partial charge in [-0.05, 0) is 37.5 Å². The van der Waals surface area contributed by atoms with Crippen LogP contribution >= 0.6 is 0 Å². The van der Waals surface area contributed by atoms with Gasteiger partial charge in [0.1, 0.15) is 5.75 Å². The van der Waals surface area contributed by atoms with Crippen LogP contribution in [0.15, 0.2) is 23.3 Å². The van der Waals surface area contributed by atoms with Crippen LogP contribution in [-0.2, 0) is 13.2 Å². The summed E-state index contributed by atoms with van der Waals surface area (Å²) in [4.78, 5) is 0. The SMILES string of the molecule is CC1=NN(Cc2cc(CO)ccc2OCC(C)C)C(C)C1. The van der Waals surface area contributed by atoms with E-state index in [1.165, 1.54) is 5.71 Å². The summed E-state index contributed by atoms with van der Waals surface area (Å²) in [5.74, 6) is 1.38. The Kier molecular flexibility index (Phi) is 5.23. The number of hydrogen-bond acceptors (Lipinski definition) is 4. The van der Waals surface area contributed by atoms with Gasteiger partial charge in [-0.1, -0.05) is 19.9 Å². The Labute approximate surface area is 127 Å². The normalized spacial score (nSPS) is 18.3. The van der Waals surface area contributed by atoms with Crippen LogP contribution in [0.2, 0.25) is 0 Å². The molecule has 0 saturated heterocycles. The second kappa shape index (κ2) is 6.94. The monoisotopic (exact) mass is 290 g/mol. The third kappa shape index (κ3) is 4.21. The van der Waals surface area contributed by atoms with Gasteiger partial charge in [0.15, 0.2) is 0 Å². The zero-order valence-corrected chi connectivity index (χ0v) is 13.5. The molecule has 0 spiro atoms. The molecule has 21 heavy (non-hydrogen) atoms. The first-order valence-electron chi connectivity index (χ1n) is 7.65. The van der Waals surface area contributed by atoms with Crippen LogP contribution in [0.3, 0.4) is 0 Å². The van der Waals surface area contributed by atoms with E-state index < -0.39 is 0 Å². The number of benzene rings is 1. The van der Waals surface area contributed by atoms with Crippen molar-refractivity contribution in [3.05, 3.63) is 29.3 Å². The average Bonchev–Trinajstić information content (AvgIpc) is 2.75. The maximum absolute atomic E-state index is 9.34. The van der Waals surface area contributed by atoms with Crippen molar-refractivity contribution in [3.8, 4) is 5.75 Å². The molecule has 4 nitrogen and oxygen atoms in total. The van der Waals surface area contributed by atoms with Gasteiger partial charge >= 0.3 is 0 Å². The van der Waals surface area contributed by atoms with Crippen LogP contribution in [0.1, 0.15) is 45.2 Å². The van der Waals surface area contributed by atoms with E-state index in [9.17, 15) is 5.11 Å². The summed E-state index contributed by atoms with van der Waals surface area (Å²) in [5.41, 5.74) is 3.17. The number of hydrazone groups is 1. The van der Waals surface area contributed by atoms with Crippen molar-refractivity contribution in [3.63, 3.8) is 0 Å². The Morgan fingerprint density at radius 1 is 1.43 bits per heavy atom. The van der Waals surface area contributed by atoms with Gasteiger partial charge in [-0.3, -0.25) is 5.01 Å². The minimum Gasteiger partial charge on any atom is -0.493 e. The first-order valence-corrected chi connectivity index (χ1v) is 7.65. The molecule has 0 amide bonds. The van der Waals surface area contributed by atoms with Crippen LogP contribution in [-0.4, -0.2) is 28.5 Å². The second-order valence-corrected chi connectivity index (χ2v) is 6.29. The number of aliphatic hydroxyl groups excluding tert-OH is 1. The van der Waals surface area contributed by atoms with Gasteiger partial charge in [-0.25, -0.2) is 0 Å².